The number of amides is 1. The van der Waals surface area contributed by atoms with Gasteiger partial charge in [-0.25, -0.2) is 0 Å². The number of rotatable bonds is 6. The Kier molecular flexibility index (Phi) is 36.5. The molecule has 0 saturated heterocycles. The number of hydrogen-bond acceptors (Lipinski definition) is 3. The molecule has 0 fully saturated rings. The lowest BCUT2D eigenvalue weighted by Crippen LogP contribution is -2.31. The smallest absolute Gasteiger partial charge is 0.325 e. The summed E-state index contributed by atoms with van der Waals surface area (Å²) in [6.07, 6.45) is 11.0. The Morgan fingerprint density at radius 3 is 1.96 bits per heavy atom. The zero-order valence-corrected chi connectivity index (χ0v) is 17.4. The number of ether oxygens (including phenoxy) is 1. The molecule has 0 aromatic heterocycles. The van der Waals surface area contributed by atoms with Gasteiger partial charge in [-0.2, -0.15) is 0 Å². The summed E-state index contributed by atoms with van der Waals surface area (Å²) in [6.45, 7) is 15.7. The highest BCUT2D eigenvalue weighted by atomic mass is 16.5. The first kappa shape index (κ1) is 31.3. The van der Waals surface area contributed by atoms with Gasteiger partial charge in [-0.05, 0) is 5.56 Å². The van der Waals surface area contributed by atoms with Gasteiger partial charge in [0.2, 0.25) is 5.91 Å². The second kappa shape index (κ2) is 30.4. The highest BCUT2D eigenvalue weighted by Crippen LogP contribution is 1.98. The molecule has 0 spiro atoms. The van der Waals surface area contributed by atoms with E-state index in [1.807, 2.05) is 58.0 Å². The number of benzene rings is 1. The van der Waals surface area contributed by atoms with Crippen LogP contribution in [0.15, 0.2) is 43.0 Å². The average molecular weight is 364 g/mol. The second-order valence-corrected chi connectivity index (χ2v) is 4.12. The van der Waals surface area contributed by atoms with E-state index in [0.717, 1.165) is 5.56 Å². The molecule has 0 saturated carbocycles. The van der Waals surface area contributed by atoms with Crippen LogP contribution in [0.25, 0.3) is 0 Å². The van der Waals surface area contributed by atoms with Crippen molar-refractivity contribution in [2.45, 2.75) is 54.4 Å². The molecule has 0 aliphatic rings. The maximum absolute atomic E-state index is 11.5. The molecule has 0 radical (unpaired) electrons. The highest BCUT2D eigenvalue weighted by Gasteiger charge is 2.06. The summed E-state index contributed by atoms with van der Waals surface area (Å²) in [6, 6.07) is 9.32. The number of hydrogen-bond donors (Lipinski definition) is 1. The van der Waals surface area contributed by atoms with Crippen LogP contribution >= 0.6 is 0 Å². The predicted octanol–water partition coefficient (Wildman–Crippen LogP) is 4.79. The molecule has 0 unspecified atom stereocenters. The van der Waals surface area contributed by atoms with Gasteiger partial charge in [-0.3, -0.25) is 9.59 Å². The average Bonchev–Trinajstić information content (AvgIpc) is 2.71. The minimum atomic E-state index is -0.466. The van der Waals surface area contributed by atoms with Gasteiger partial charge in [0.25, 0.3) is 0 Å². The van der Waals surface area contributed by atoms with E-state index >= 15 is 0 Å². The summed E-state index contributed by atoms with van der Waals surface area (Å²) < 4.78 is 4.72. The van der Waals surface area contributed by atoms with Gasteiger partial charge in [0.15, 0.2) is 0 Å². The molecular weight excluding hydrogens is 326 g/mol. The zero-order chi connectivity index (χ0) is 21.2. The molecule has 0 aliphatic heterocycles. The lowest BCUT2D eigenvalue weighted by molar-refractivity contribution is -0.142. The molecular formula is C22H37NO3. The first-order chi connectivity index (χ1) is 12.6. The van der Waals surface area contributed by atoms with Crippen LogP contribution in [0.5, 0.6) is 0 Å². The van der Waals surface area contributed by atoms with Crippen LogP contribution in [0.2, 0.25) is 0 Å². The predicted molar refractivity (Wildman–Crippen MR) is 113 cm³/mol. The summed E-state index contributed by atoms with van der Waals surface area (Å²) in [5, 5.41) is 2.49. The molecule has 1 aromatic carbocycles. The van der Waals surface area contributed by atoms with Gasteiger partial charge in [0.05, 0.1) is 6.42 Å². The van der Waals surface area contributed by atoms with Crippen LogP contribution in [0.3, 0.4) is 0 Å². The van der Waals surface area contributed by atoms with Gasteiger partial charge < -0.3 is 10.1 Å². The monoisotopic (exact) mass is 363 g/mol. The maximum atomic E-state index is 11.5. The molecule has 0 heterocycles. The van der Waals surface area contributed by atoms with Crippen LogP contribution in [-0.4, -0.2) is 25.0 Å². The number of nitrogens with one attached hydrogen (secondary N) is 1. The van der Waals surface area contributed by atoms with Gasteiger partial charge in [0.1, 0.15) is 13.2 Å². The molecule has 1 aromatic rings. The SMILES string of the molecule is C#C.C=CCOC(=O)CNC(=O)Cc1ccccc1.CC.CC.CCC. The number of esters is 1. The van der Waals surface area contributed by atoms with E-state index in [9.17, 15) is 9.59 Å². The van der Waals surface area contributed by atoms with Crippen LogP contribution in [-0.2, 0) is 20.7 Å². The second-order valence-electron chi connectivity index (χ2n) is 4.12. The fourth-order valence-corrected chi connectivity index (χ4v) is 1.22. The van der Waals surface area contributed by atoms with Crippen molar-refractivity contribution >= 4 is 11.9 Å². The van der Waals surface area contributed by atoms with Crippen molar-refractivity contribution in [1.29, 1.82) is 0 Å². The van der Waals surface area contributed by atoms with Crippen molar-refractivity contribution in [1.82, 2.24) is 5.32 Å². The Balaban J connectivity index is -0.000000231. The Hall–Kier alpha value is -2.54. The molecule has 0 bridgehead atoms. The molecule has 0 atom stereocenters. The Morgan fingerprint density at radius 2 is 1.54 bits per heavy atom. The van der Waals surface area contributed by atoms with Crippen molar-refractivity contribution in [3.63, 3.8) is 0 Å². The van der Waals surface area contributed by atoms with E-state index in [-0.39, 0.29) is 25.5 Å². The Labute approximate surface area is 161 Å². The Morgan fingerprint density at radius 1 is 1.08 bits per heavy atom. The topological polar surface area (TPSA) is 55.4 Å². The highest BCUT2D eigenvalue weighted by molar-refractivity contribution is 5.83. The molecule has 0 aliphatic carbocycles. The summed E-state index contributed by atoms with van der Waals surface area (Å²) in [4.78, 5) is 22.5. The molecule has 1 N–H and O–H groups in total. The zero-order valence-electron chi connectivity index (χ0n) is 17.4. The minimum Gasteiger partial charge on any atom is -0.460 e. The maximum Gasteiger partial charge on any atom is 0.325 e. The first-order valence-electron chi connectivity index (χ1n) is 9.04. The lowest BCUT2D eigenvalue weighted by atomic mass is 10.1. The number of terminal acetylenes is 1. The third-order valence-electron chi connectivity index (χ3n) is 2.00. The van der Waals surface area contributed by atoms with Gasteiger partial charge in [-0.1, -0.05) is 91.0 Å². The molecule has 1 rings (SSSR count). The summed E-state index contributed by atoms with van der Waals surface area (Å²) in [7, 11) is 0. The van der Waals surface area contributed by atoms with Crippen LogP contribution in [0.4, 0.5) is 0 Å². The number of carbonyl (C=O) groups excluding carboxylic acids is 2. The fourth-order valence-electron chi connectivity index (χ4n) is 1.22. The van der Waals surface area contributed by atoms with Gasteiger partial charge in [0, 0.05) is 0 Å². The molecule has 4 heteroatoms. The van der Waals surface area contributed by atoms with E-state index in [0.29, 0.717) is 0 Å². The van der Waals surface area contributed by atoms with Crippen molar-refractivity contribution in [3.8, 4) is 12.8 Å². The largest absolute Gasteiger partial charge is 0.460 e. The van der Waals surface area contributed by atoms with Gasteiger partial charge >= 0.3 is 5.97 Å². The lowest BCUT2D eigenvalue weighted by Gasteiger charge is -2.04. The summed E-state index contributed by atoms with van der Waals surface area (Å²) in [5.74, 6) is -0.668. The van der Waals surface area contributed by atoms with Crippen molar-refractivity contribution < 1.29 is 14.3 Å². The van der Waals surface area contributed by atoms with Crippen molar-refractivity contribution in [2.75, 3.05) is 13.2 Å². The van der Waals surface area contributed by atoms with E-state index in [2.05, 4.69) is 38.6 Å². The minimum absolute atomic E-state index is 0.112. The number of carbonyl (C=O) groups is 2. The molecule has 4 nitrogen and oxygen atoms in total. The van der Waals surface area contributed by atoms with E-state index < -0.39 is 5.97 Å². The third kappa shape index (κ3) is 26.4. The Bertz CT molecular complexity index is 439. The van der Waals surface area contributed by atoms with Crippen LogP contribution < -0.4 is 5.32 Å². The molecule has 148 valence electrons. The molecule has 26 heavy (non-hydrogen) atoms. The van der Waals surface area contributed by atoms with Crippen molar-refractivity contribution in [2.24, 2.45) is 0 Å². The summed E-state index contributed by atoms with van der Waals surface area (Å²) >= 11 is 0. The van der Waals surface area contributed by atoms with E-state index in [1.54, 1.807) is 0 Å². The van der Waals surface area contributed by atoms with Gasteiger partial charge in [-0.15, -0.1) is 12.8 Å². The van der Waals surface area contributed by atoms with E-state index in [1.165, 1.54) is 12.5 Å². The first-order valence-corrected chi connectivity index (χ1v) is 9.04. The summed E-state index contributed by atoms with van der Waals surface area (Å²) in [5.41, 5.74) is 0.907. The fraction of sp³-hybridized carbons (Fsp3) is 0.455. The third-order valence-corrected chi connectivity index (χ3v) is 2.00. The standard InChI is InChI=1S/C13H15NO3.C3H8.2C2H6.C2H2/c1-2-8-17-13(16)10-14-12(15)9-11-6-4-3-5-7-11;1-3-2;3*1-2/h2-7H,1,8-10H2,(H,14,15);3H2,1-2H3;2*1-2H3;1-2H. The quantitative estimate of drug-likeness (QED) is 0.449. The van der Waals surface area contributed by atoms with Crippen LogP contribution in [0.1, 0.15) is 53.5 Å². The van der Waals surface area contributed by atoms with Crippen LogP contribution in [0, 0.1) is 12.8 Å². The van der Waals surface area contributed by atoms with E-state index in [4.69, 9.17) is 4.74 Å². The normalized spacial score (nSPS) is 7.38. The van der Waals surface area contributed by atoms with Crippen molar-refractivity contribution in [3.05, 3.63) is 48.6 Å². The molecule has 1 amide bonds.